The zero-order valence-electron chi connectivity index (χ0n) is 11.0. The zero-order chi connectivity index (χ0) is 15.5. The fourth-order valence-corrected chi connectivity index (χ4v) is 3.03. The number of aromatic nitrogens is 4. The molecule has 0 aliphatic carbocycles. The van der Waals surface area contributed by atoms with Crippen LogP contribution >= 0.6 is 39.3 Å². The van der Waals surface area contributed by atoms with Gasteiger partial charge in [0, 0.05) is 16.9 Å². The van der Waals surface area contributed by atoms with Crippen LogP contribution < -0.4 is 5.32 Å². The Morgan fingerprint density at radius 1 is 1.45 bits per heavy atom. The van der Waals surface area contributed by atoms with E-state index in [4.69, 9.17) is 11.6 Å². The molecule has 0 unspecified atom stereocenters. The molecule has 1 aromatic carbocycles. The Balaban J connectivity index is 1.62. The number of amides is 1. The summed E-state index contributed by atoms with van der Waals surface area (Å²) in [6, 6.07) is 7.03. The molecule has 0 aliphatic rings. The van der Waals surface area contributed by atoms with Gasteiger partial charge in [0.25, 0.3) is 5.78 Å². The second-order valence-electron chi connectivity index (χ2n) is 4.22. The average molecular weight is 399 g/mol. The number of nitrogens with zero attached hydrogens (tertiary/aromatic N) is 4. The number of rotatable bonds is 4. The molecule has 2 aromatic heterocycles. The van der Waals surface area contributed by atoms with Gasteiger partial charge in [-0.05, 0) is 24.3 Å². The summed E-state index contributed by atoms with van der Waals surface area (Å²) in [5.41, 5.74) is 0.570. The summed E-state index contributed by atoms with van der Waals surface area (Å²) < 4.78 is 2.41. The molecule has 0 radical (unpaired) electrons. The van der Waals surface area contributed by atoms with Crippen molar-refractivity contribution in [3.8, 4) is 0 Å². The number of hydrogen-bond donors (Lipinski definition) is 1. The van der Waals surface area contributed by atoms with Crippen LogP contribution in [0.5, 0.6) is 0 Å². The summed E-state index contributed by atoms with van der Waals surface area (Å²) in [5.74, 6) is 0.505. The number of thioether (sulfide) groups is 1. The predicted octanol–water partition coefficient (Wildman–Crippen LogP) is 3.27. The lowest BCUT2D eigenvalue weighted by Crippen LogP contribution is -2.14. The number of fused-ring (bicyclic) bond motifs is 1. The van der Waals surface area contributed by atoms with Crippen LogP contribution in [0.4, 0.5) is 5.69 Å². The second-order valence-corrected chi connectivity index (χ2v) is 6.49. The third-order valence-electron chi connectivity index (χ3n) is 2.63. The third kappa shape index (κ3) is 3.57. The largest absolute Gasteiger partial charge is 0.324 e. The number of hydrogen-bond acceptors (Lipinski definition) is 5. The van der Waals surface area contributed by atoms with Crippen molar-refractivity contribution >= 4 is 56.7 Å². The maximum atomic E-state index is 12.0. The van der Waals surface area contributed by atoms with E-state index in [0.717, 1.165) is 4.47 Å². The molecule has 0 saturated heterocycles. The van der Waals surface area contributed by atoms with E-state index in [9.17, 15) is 4.79 Å². The van der Waals surface area contributed by atoms with E-state index in [1.54, 1.807) is 35.1 Å². The molecule has 0 bridgehead atoms. The zero-order valence-corrected chi connectivity index (χ0v) is 14.2. The topological polar surface area (TPSA) is 72.2 Å². The molecule has 1 amide bonds. The number of carbonyl (C=O) groups is 1. The van der Waals surface area contributed by atoms with Crippen molar-refractivity contribution in [2.24, 2.45) is 0 Å². The SMILES string of the molecule is O=C(CSc1nc2ncccn2n1)Nc1ccc(Br)cc1Cl. The summed E-state index contributed by atoms with van der Waals surface area (Å²) in [7, 11) is 0. The van der Waals surface area contributed by atoms with Crippen molar-refractivity contribution in [2.75, 3.05) is 11.1 Å². The molecule has 0 fully saturated rings. The Bertz CT molecular complexity index is 807. The second kappa shape index (κ2) is 6.64. The Hall–Kier alpha value is -1.64. The number of carbonyl (C=O) groups excluding carboxylic acids is 1. The molecule has 9 heteroatoms. The molecule has 0 aliphatic heterocycles. The van der Waals surface area contributed by atoms with Gasteiger partial charge in [-0.3, -0.25) is 4.79 Å². The quantitative estimate of drug-likeness (QED) is 0.683. The van der Waals surface area contributed by atoms with Crippen LogP contribution in [-0.4, -0.2) is 31.2 Å². The minimum Gasteiger partial charge on any atom is -0.324 e. The summed E-state index contributed by atoms with van der Waals surface area (Å²) >= 11 is 10.6. The van der Waals surface area contributed by atoms with E-state index >= 15 is 0 Å². The van der Waals surface area contributed by atoms with Crippen LogP contribution in [0.2, 0.25) is 5.02 Å². The van der Waals surface area contributed by atoms with Crippen molar-refractivity contribution in [3.05, 3.63) is 46.2 Å². The molecule has 6 nitrogen and oxygen atoms in total. The highest BCUT2D eigenvalue weighted by molar-refractivity contribution is 9.10. The van der Waals surface area contributed by atoms with Gasteiger partial charge in [0.05, 0.1) is 16.5 Å². The van der Waals surface area contributed by atoms with E-state index in [2.05, 4.69) is 36.3 Å². The summed E-state index contributed by atoms with van der Waals surface area (Å²) in [6.07, 6.45) is 3.39. The first-order chi connectivity index (χ1) is 10.6. The smallest absolute Gasteiger partial charge is 0.253 e. The lowest BCUT2D eigenvalue weighted by molar-refractivity contribution is -0.113. The molecule has 0 saturated carbocycles. The van der Waals surface area contributed by atoms with Gasteiger partial charge in [0.2, 0.25) is 11.1 Å². The average Bonchev–Trinajstić information content (AvgIpc) is 2.91. The Morgan fingerprint density at radius 3 is 3.09 bits per heavy atom. The van der Waals surface area contributed by atoms with Crippen molar-refractivity contribution in [3.63, 3.8) is 0 Å². The number of nitrogens with one attached hydrogen (secondary N) is 1. The summed E-state index contributed by atoms with van der Waals surface area (Å²) in [4.78, 5) is 20.2. The van der Waals surface area contributed by atoms with E-state index < -0.39 is 0 Å². The molecular weight excluding hydrogens is 390 g/mol. The van der Waals surface area contributed by atoms with Crippen LogP contribution in [0.15, 0.2) is 46.3 Å². The van der Waals surface area contributed by atoms with Crippen molar-refractivity contribution in [1.29, 1.82) is 0 Å². The molecule has 2 heterocycles. The fraction of sp³-hybridized carbons (Fsp3) is 0.0769. The van der Waals surface area contributed by atoms with Gasteiger partial charge < -0.3 is 5.32 Å². The van der Waals surface area contributed by atoms with Gasteiger partial charge >= 0.3 is 0 Å². The van der Waals surface area contributed by atoms with Gasteiger partial charge in [-0.15, -0.1) is 5.10 Å². The summed E-state index contributed by atoms with van der Waals surface area (Å²) in [5, 5.41) is 7.94. The standard InChI is InChI=1S/C13H9BrClN5OS/c14-8-2-3-10(9(15)6-8)17-11(21)7-22-13-18-12-16-4-1-5-20(12)19-13/h1-6H,7H2,(H,17,21). The maximum Gasteiger partial charge on any atom is 0.253 e. The van der Waals surface area contributed by atoms with E-state index in [0.29, 0.717) is 21.6 Å². The van der Waals surface area contributed by atoms with Gasteiger partial charge in [0.15, 0.2) is 0 Å². The highest BCUT2D eigenvalue weighted by Gasteiger charge is 2.10. The van der Waals surface area contributed by atoms with Crippen molar-refractivity contribution < 1.29 is 4.79 Å². The number of benzene rings is 1. The first kappa shape index (κ1) is 15.3. The van der Waals surface area contributed by atoms with E-state index in [1.165, 1.54) is 11.8 Å². The minimum absolute atomic E-state index is 0.180. The maximum absolute atomic E-state index is 12.0. The molecule has 3 aromatic rings. The van der Waals surface area contributed by atoms with Crippen LogP contribution in [-0.2, 0) is 4.79 Å². The first-order valence-electron chi connectivity index (χ1n) is 6.17. The molecular formula is C13H9BrClN5OS. The van der Waals surface area contributed by atoms with E-state index in [-0.39, 0.29) is 11.7 Å². The summed E-state index contributed by atoms with van der Waals surface area (Å²) in [6.45, 7) is 0. The Kier molecular flexibility index (Phi) is 4.60. The van der Waals surface area contributed by atoms with Gasteiger partial charge in [-0.1, -0.05) is 39.3 Å². The van der Waals surface area contributed by atoms with Gasteiger partial charge in [-0.2, -0.15) is 4.98 Å². The minimum atomic E-state index is -0.180. The van der Waals surface area contributed by atoms with E-state index in [1.807, 2.05) is 6.07 Å². The first-order valence-corrected chi connectivity index (χ1v) is 8.32. The van der Waals surface area contributed by atoms with Gasteiger partial charge in [-0.25, -0.2) is 9.50 Å². The van der Waals surface area contributed by atoms with Crippen LogP contribution in [0.1, 0.15) is 0 Å². The number of halogens is 2. The normalized spacial score (nSPS) is 10.8. The Morgan fingerprint density at radius 2 is 2.32 bits per heavy atom. The molecule has 22 heavy (non-hydrogen) atoms. The van der Waals surface area contributed by atoms with Crippen LogP contribution in [0.25, 0.3) is 5.78 Å². The molecule has 0 atom stereocenters. The predicted molar refractivity (Wildman–Crippen MR) is 89.3 cm³/mol. The third-order valence-corrected chi connectivity index (χ3v) is 4.28. The van der Waals surface area contributed by atoms with Crippen molar-refractivity contribution in [1.82, 2.24) is 19.6 Å². The van der Waals surface area contributed by atoms with Crippen molar-refractivity contribution in [2.45, 2.75) is 5.16 Å². The highest BCUT2D eigenvalue weighted by Crippen LogP contribution is 2.26. The lowest BCUT2D eigenvalue weighted by atomic mass is 10.3. The Labute approximate surface area is 143 Å². The number of anilines is 1. The highest BCUT2D eigenvalue weighted by atomic mass is 79.9. The van der Waals surface area contributed by atoms with Crippen LogP contribution in [0.3, 0.4) is 0 Å². The molecule has 3 rings (SSSR count). The fourth-order valence-electron chi connectivity index (χ4n) is 1.68. The molecule has 0 spiro atoms. The molecule has 112 valence electrons. The van der Waals surface area contributed by atoms with Crippen LogP contribution in [0, 0.1) is 0 Å². The molecule has 1 N–H and O–H groups in total. The lowest BCUT2D eigenvalue weighted by Gasteiger charge is -2.06. The monoisotopic (exact) mass is 397 g/mol. The van der Waals surface area contributed by atoms with Gasteiger partial charge in [0.1, 0.15) is 0 Å².